The number of benzene rings is 2. The van der Waals surface area contributed by atoms with Gasteiger partial charge >= 0.3 is 0 Å². The van der Waals surface area contributed by atoms with Crippen molar-refractivity contribution in [3.05, 3.63) is 63.4 Å². The van der Waals surface area contributed by atoms with E-state index < -0.39 is 11.9 Å². The van der Waals surface area contributed by atoms with Crippen LogP contribution in [0.2, 0.25) is 10.0 Å². The SMILES string of the molecule is COc1cccc(C(NN)c2ccc(Cl)c(Cl)c2)c1F. The molecule has 3 nitrogen and oxygen atoms in total. The Bertz CT molecular complexity index is 622. The molecular weight excluding hydrogens is 302 g/mol. The lowest BCUT2D eigenvalue weighted by Crippen LogP contribution is -2.29. The van der Waals surface area contributed by atoms with Gasteiger partial charge < -0.3 is 4.74 Å². The molecule has 0 aliphatic carbocycles. The monoisotopic (exact) mass is 314 g/mol. The number of halogens is 3. The number of methoxy groups -OCH3 is 1. The zero-order valence-electron chi connectivity index (χ0n) is 10.7. The van der Waals surface area contributed by atoms with Gasteiger partial charge in [0.2, 0.25) is 0 Å². The first kappa shape index (κ1) is 15.1. The third-order valence-corrected chi connectivity index (χ3v) is 3.71. The minimum Gasteiger partial charge on any atom is -0.494 e. The molecule has 6 heteroatoms. The van der Waals surface area contributed by atoms with Crippen molar-refractivity contribution in [1.82, 2.24) is 5.43 Å². The van der Waals surface area contributed by atoms with Crippen molar-refractivity contribution in [2.75, 3.05) is 7.11 Å². The second-order valence-electron chi connectivity index (χ2n) is 4.14. The third-order valence-electron chi connectivity index (χ3n) is 2.97. The second-order valence-corrected chi connectivity index (χ2v) is 4.95. The summed E-state index contributed by atoms with van der Waals surface area (Å²) in [5, 5.41) is 0.810. The highest BCUT2D eigenvalue weighted by Crippen LogP contribution is 2.31. The summed E-state index contributed by atoms with van der Waals surface area (Å²) in [6.07, 6.45) is 0. The summed E-state index contributed by atoms with van der Waals surface area (Å²) in [4.78, 5) is 0. The van der Waals surface area contributed by atoms with E-state index in [1.165, 1.54) is 7.11 Å². The van der Waals surface area contributed by atoms with Gasteiger partial charge in [-0.3, -0.25) is 5.84 Å². The van der Waals surface area contributed by atoms with E-state index in [2.05, 4.69) is 5.43 Å². The van der Waals surface area contributed by atoms with E-state index in [-0.39, 0.29) is 5.75 Å². The summed E-state index contributed by atoms with van der Waals surface area (Å²) >= 11 is 11.9. The van der Waals surface area contributed by atoms with Crippen molar-refractivity contribution >= 4 is 23.2 Å². The highest BCUT2D eigenvalue weighted by atomic mass is 35.5. The van der Waals surface area contributed by atoms with Gasteiger partial charge in [0.25, 0.3) is 0 Å². The molecule has 0 fully saturated rings. The van der Waals surface area contributed by atoms with Crippen LogP contribution in [0.5, 0.6) is 5.75 Å². The largest absolute Gasteiger partial charge is 0.494 e. The van der Waals surface area contributed by atoms with Crippen LogP contribution < -0.4 is 16.0 Å². The Morgan fingerprint density at radius 3 is 2.55 bits per heavy atom. The van der Waals surface area contributed by atoms with Crippen LogP contribution in [-0.2, 0) is 0 Å². The molecule has 0 aliphatic heterocycles. The molecule has 20 heavy (non-hydrogen) atoms. The Kier molecular flexibility index (Phi) is 4.83. The molecule has 0 heterocycles. The molecule has 0 saturated heterocycles. The van der Waals surface area contributed by atoms with Gasteiger partial charge in [0, 0.05) is 5.56 Å². The average Bonchev–Trinajstić information content (AvgIpc) is 2.45. The van der Waals surface area contributed by atoms with Crippen molar-refractivity contribution in [1.29, 1.82) is 0 Å². The highest BCUT2D eigenvalue weighted by Gasteiger charge is 2.19. The molecule has 2 rings (SSSR count). The Labute approximate surface area is 126 Å². The molecule has 3 N–H and O–H groups in total. The lowest BCUT2D eigenvalue weighted by molar-refractivity contribution is 0.381. The lowest BCUT2D eigenvalue weighted by Gasteiger charge is -2.19. The standard InChI is InChI=1S/C14H13Cl2FN2O/c1-20-12-4-2-3-9(13(12)17)14(19-18)8-5-6-10(15)11(16)7-8/h2-7,14,19H,18H2,1H3. The molecule has 0 saturated carbocycles. The van der Waals surface area contributed by atoms with E-state index in [1.807, 2.05) is 0 Å². The molecule has 1 unspecified atom stereocenters. The Balaban J connectivity index is 2.49. The van der Waals surface area contributed by atoms with Gasteiger partial charge in [0.05, 0.1) is 23.2 Å². The van der Waals surface area contributed by atoms with Crippen LogP contribution >= 0.6 is 23.2 Å². The smallest absolute Gasteiger partial charge is 0.170 e. The van der Waals surface area contributed by atoms with E-state index >= 15 is 0 Å². The number of hydrogen-bond acceptors (Lipinski definition) is 3. The maximum absolute atomic E-state index is 14.3. The molecule has 2 aromatic carbocycles. The molecule has 1 atom stereocenters. The van der Waals surface area contributed by atoms with Crippen LogP contribution in [0.25, 0.3) is 0 Å². The first-order chi connectivity index (χ1) is 9.58. The first-order valence-corrected chi connectivity index (χ1v) is 6.57. The minimum atomic E-state index is -0.556. The van der Waals surface area contributed by atoms with Crippen molar-refractivity contribution in [2.45, 2.75) is 6.04 Å². The zero-order chi connectivity index (χ0) is 14.7. The quantitative estimate of drug-likeness (QED) is 0.668. The van der Waals surface area contributed by atoms with Crippen LogP contribution in [0, 0.1) is 5.82 Å². The van der Waals surface area contributed by atoms with Gasteiger partial charge in [-0.25, -0.2) is 9.82 Å². The number of hydrogen-bond donors (Lipinski definition) is 2. The van der Waals surface area contributed by atoms with Gasteiger partial charge in [0.1, 0.15) is 0 Å². The molecule has 0 bridgehead atoms. The summed E-state index contributed by atoms with van der Waals surface area (Å²) in [5.41, 5.74) is 3.64. The molecule has 0 spiro atoms. The number of nitrogens with two attached hydrogens (primary N) is 1. The second kappa shape index (κ2) is 6.41. The van der Waals surface area contributed by atoms with E-state index in [9.17, 15) is 4.39 Å². The predicted molar refractivity (Wildman–Crippen MR) is 78.6 cm³/mol. The summed E-state index contributed by atoms with van der Waals surface area (Å²) in [7, 11) is 1.41. The number of ether oxygens (including phenoxy) is 1. The zero-order valence-corrected chi connectivity index (χ0v) is 12.2. The molecule has 0 aromatic heterocycles. The van der Waals surface area contributed by atoms with E-state index in [0.717, 1.165) is 0 Å². The summed E-state index contributed by atoms with van der Waals surface area (Å²) in [6.45, 7) is 0. The van der Waals surface area contributed by atoms with Gasteiger partial charge in [-0.2, -0.15) is 0 Å². The van der Waals surface area contributed by atoms with E-state index in [0.29, 0.717) is 21.2 Å². The van der Waals surface area contributed by atoms with Crippen molar-refractivity contribution in [2.24, 2.45) is 5.84 Å². The summed E-state index contributed by atoms with van der Waals surface area (Å²) in [5.74, 6) is 5.24. The molecule has 0 aliphatic rings. The van der Waals surface area contributed by atoms with Gasteiger partial charge in [-0.15, -0.1) is 0 Å². The van der Waals surface area contributed by atoms with Gasteiger partial charge in [0.15, 0.2) is 11.6 Å². The minimum absolute atomic E-state index is 0.155. The van der Waals surface area contributed by atoms with Crippen molar-refractivity contribution in [3.8, 4) is 5.75 Å². The fourth-order valence-corrected chi connectivity index (χ4v) is 2.27. The summed E-state index contributed by atoms with van der Waals surface area (Å²) < 4.78 is 19.3. The Morgan fingerprint density at radius 1 is 1.20 bits per heavy atom. The predicted octanol–water partition coefficient (Wildman–Crippen LogP) is 3.69. The third kappa shape index (κ3) is 2.88. The van der Waals surface area contributed by atoms with Crippen LogP contribution in [0.15, 0.2) is 36.4 Å². The number of nitrogens with one attached hydrogen (secondary N) is 1. The average molecular weight is 315 g/mol. The van der Waals surface area contributed by atoms with Crippen LogP contribution in [0.1, 0.15) is 17.2 Å². The molecule has 2 aromatic rings. The van der Waals surface area contributed by atoms with Crippen LogP contribution in [0.4, 0.5) is 4.39 Å². The van der Waals surface area contributed by atoms with Crippen molar-refractivity contribution in [3.63, 3.8) is 0 Å². The number of rotatable bonds is 4. The maximum atomic E-state index is 14.3. The topological polar surface area (TPSA) is 47.3 Å². The fraction of sp³-hybridized carbons (Fsp3) is 0.143. The molecular formula is C14H13Cl2FN2O. The fourth-order valence-electron chi connectivity index (χ4n) is 1.97. The van der Waals surface area contributed by atoms with Crippen LogP contribution in [-0.4, -0.2) is 7.11 Å². The molecule has 0 radical (unpaired) electrons. The highest BCUT2D eigenvalue weighted by molar-refractivity contribution is 6.42. The first-order valence-electron chi connectivity index (χ1n) is 5.82. The molecule has 106 valence electrons. The van der Waals surface area contributed by atoms with Crippen LogP contribution in [0.3, 0.4) is 0 Å². The summed E-state index contributed by atoms with van der Waals surface area (Å²) in [6, 6.07) is 9.33. The number of hydrazine groups is 1. The van der Waals surface area contributed by atoms with Gasteiger partial charge in [-0.1, -0.05) is 41.4 Å². The molecule has 0 amide bonds. The Hall–Kier alpha value is -1.33. The Morgan fingerprint density at radius 2 is 1.95 bits per heavy atom. The maximum Gasteiger partial charge on any atom is 0.170 e. The van der Waals surface area contributed by atoms with E-state index in [1.54, 1.807) is 36.4 Å². The van der Waals surface area contributed by atoms with Crippen molar-refractivity contribution < 1.29 is 9.13 Å². The normalized spacial score (nSPS) is 12.2. The lowest BCUT2D eigenvalue weighted by atomic mass is 9.98. The van der Waals surface area contributed by atoms with E-state index in [4.69, 9.17) is 33.8 Å². The van der Waals surface area contributed by atoms with Gasteiger partial charge in [-0.05, 0) is 23.8 Å².